The van der Waals surface area contributed by atoms with Gasteiger partial charge in [-0.25, -0.2) is 4.98 Å². The fourth-order valence-electron chi connectivity index (χ4n) is 6.90. The van der Waals surface area contributed by atoms with Crippen molar-refractivity contribution in [1.29, 1.82) is 0 Å². The third-order valence-corrected chi connectivity index (χ3v) is 9.41. The van der Waals surface area contributed by atoms with Crippen molar-refractivity contribution in [2.45, 2.75) is 122 Å². The van der Waals surface area contributed by atoms with Gasteiger partial charge >= 0.3 is 0 Å². The van der Waals surface area contributed by atoms with Gasteiger partial charge < -0.3 is 10.4 Å². The van der Waals surface area contributed by atoms with Gasteiger partial charge in [-0.1, -0.05) is 115 Å². The molecule has 1 aliphatic carbocycles. The quantitative estimate of drug-likeness (QED) is 0.125. The number of hydrogen-bond donors (Lipinski definition) is 2. The average Bonchev–Trinajstić information content (AvgIpc) is 3.50. The molecule has 8 nitrogen and oxygen atoms in total. The maximum atomic E-state index is 14.5. The largest absolute Gasteiger partial charge is 0.391 e. The van der Waals surface area contributed by atoms with E-state index in [0.717, 1.165) is 73.9 Å². The summed E-state index contributed by atoms with van der Waals surface area (Å²) in [7, 11) is 0. The summed E-state index contributed by atoms with van der Waals surface area (Å²) in [5, 5.41) is 24.1. The molecule has 2 N–H and O–H groups in total. The maximum absolute atomic E-state index is 14.5. The lowest BCUT2D eigenvalue weighted by Crippen LogP contribution is -2.47. The fourth-order valence-corrected chi connectivity index (χ4v) is 6.90. The van der Waals surface area contributed by atoms with Gasteiger partial charge in [0.25, 0.3) is 0 Å². The van der Waals surface area contributed by atoms with Crippen LogP contribution in [-0.2, 0) is 17.6 Å². The summed E-state index contributed by atoms with van der Waals surface area (Å²) in [5.74, 6) is 0.715. The molecule has 0 bridgehead atoms. The van der Waals surface area contributed by atoms with E-state index in [-0.39, 0.29) is 11.9 Å². The topological polar surface area (TPSA) is 105 Å². The van der Waals surface area contributed by atoms with Crippen molar-refractivity contribution in [1.82, 2.24) is 29.9 Å². The molecule has 3 atom stereocenters. The van der Waals surface area contributed by atoms with E-state index in [9.17, 15) is 9.90 Å². The first-order chi connectivity index (χ1) is 22.4. The predicted molar refractivity (Wildman–Crippen MR) is 183 cm³/mol. The summed E-state index contributed by atoms with van der Waals surface area (Å²) < 4.78 is 1.98. The van der Waals surface area contributed by atoms with Crippen molar-refractivity contribution in [3.8, 4) is 11.3 Å². The standard InChI is InChI=1S/C38H52N6O2/c1-4-5-6-13-20-35(45)32(24-28-15-9-7-10-16-28)41-38(46)31(23-29-17-14-21-39-25-29)36-42-43-37-33(22-27(2)3)40-34(26-44(36)37)30-18-11-8-12-19-30/h8,11-12,14,17-19,21,25-28,31-32,35,45H,4-7,9-10,13,15-16,20,22-24H2,1-3H3,(H,41,46)/t31?,32-,35-/m0/s1. The number of pyridine rings is 1. The zero-order valence-electron chi connectivity index (χ0n) is 27.9. The Kier molecular flexibility index (Phi) is 12.3. The summed E-state index contributed by atoms with van der Waals surface area (Å²) in [5.41, 5.74) is 4.32. The minimum Gasteiger partial charge on any atom is -0.391 e. The first-order valence-electron chi connectivity index (χ1n) is 17.6. The molecular weight excluding hydrogens is 572 g/mol. The van der Waals surface area contributed by atoms with Crippen LogP contribution in [0.25, 0.3) is 16.9 Å². The van der Waals surface area contributed by atoms with Crippen LogP contribution in [0.5, 0.6) is 0 Å². The highest BCUT2D eigenvalue weighted by Gasteiger charge is 2.32. The van der Waals surface area contributed by atoms with Crippen LogP contribution < -0.4 is 5.32 Å². The molecular formula is C38H52N6O2. The lowest BCUT2D eigenvalue weighted by Gasteiger charge is -2.31. The number of hydrogen-bond acceptors (Lipinski definition) is 6. The zero-order valence-corrected chi connectivity index (χ0v) is 27.9. The monoisotopic (exact) mass is 624 g/mol. The first-order valence-corrected chi connectivity index (χ1v) is 17.6. The average molecular weight is 625 g/mol. The van der Waals surface area contributed by atoms with Crippen LogP contribution in [0.3, 0.4) is 0 Å². The molecule has 1 aliphatic rings. The Morgan fingerprint density at radius 2 is 1.80 bits per heavy atom. The van der Waals surface area contributed by atoms with Gasteiger partial charge in [0.15, 0.2) is 5.65 Å². The van der Waals surface area contributed by atoms with Gasteiger partial charge in [0.2, 0.25) is 5.91 Å². The third kappa shape index (κ3) is 8.99. The number of unbranched alkanes of at least 4 members (excludes halogenated alkanes) is 3. The molecule has 0 radical (unpaired) electrons. The summed E-state index contributed by atoms with van der Waals surface area (Å²) >= 11 is 0. The molecule has 5 rings (SSSR count). The Labute approximate surface area is 274 Å². The van der Waals surface area contributed by atoms with Crippen LogP contribution in [0.2, 0.25) is 0 Å². The van der Waals surface area contributed by atoms with E-state index in [1.54, 1.807) is 6.20 Å². The molecule has 1 saturated carbocycles. The molecule has 3 aromatic heterocycles. The number of aliphatic hydroxyl groups is 1. The maximum Gasteiger partial charge on any atom is 0.231 e. The number of amides is 1. The summed E-state index contributed by atoms with van der Waals surface area (Å²) in [4.78, 5) is 23.9. The van der Waals surface area contributed by atoms with Crippen molar-refractivity contribution in [2.75, 3.05) is 0 Å². The Bertz CT molecular complexity index is 1500. The van der Waals surface area contributed by atoms with E-state index in [1.807, 2.05) is 47.1 Å². The van der Waals surface area contributed by atoms with E-state index < -0.39 is 12.0 Å². The molecule has 4 aromatic rings. The minimum atomic E-state index is -0.627. The second-order valence-corrected chi connectivity index (χ2v) is 13.7. The van der Waals surface area contributed by atoms with E-state index in [1.165, 1.54) is 19.3 Å². The Morgan fingerprint density at radius 3 is 2.52 bits per heavy atom. The van der Waals surface area contributed by atoms with E-state index >= 15 is 0 Å². The number of carbonyl (C=O) groups excluding carboxylic acids is 1. The molecule has 46 heavy (non-hydrogen) atoms. The van der Waals surface area contributed by atoms with Gasteiger partial charge in [0.05, 0.1) is 23.5 Å². The van der Waals surface area contributed by atoms with E-state index in [2.05, 4.69) is 53.4 Å². The normalized spacial score (nSPS) is 16.0. The fraction of sp³-hybridized carbons (Fsp3) is 0.553. The van der Waals surface area contributed by atoms with Crippen LogP contribution in [0.1, 0.15) is 114 Å². The highest BCUT2D eigenvalue weighted by molar-refractivity contribution is 5.83. The van der Waals surface area contributed by atoms with Gasteiger partial charge in [0, 0.05) is 24.2 Å². The van der Waals surface area contributed by atoms with Crippen LogP contribution in [0.4, 0.5) is 0 Å². The molecule has 0 saturated heterocycles. The third-order valence-electron chi connectivity index (χ3n) is 9.41. The molecule has 1 aromatic carbocycles. The molecule has 1 amide bonds. The molecule has 0 spiro atoms. The van der Waals surface area contributed by atoms with Crippen molar-refractivity contribution >= 4 is 11.6 Å². The summed E-state index contributed by atoms with van der Waals surface area (Å²) in [6.45, 7) is 6.54. The van der Waals surface area contributed by atoms with Crippen LogP contribution in [-0.4, -0.2) is 47.7 Å². The lowest BCUT2D eigenvalue weighted by atomic mass is 9.83. The molecule has 0 aliphatic heterocycles. The molecule has 246 valence electrons. The van der Waals surface area contributed by atoms with Crippen LogP contribution in [0.15, 0.2) is 61.1 Å². The minimum absolute atomic E-state index is 0.130. The second-order valence-electron chi connectivity index (χ2n) is 13.7. The van der Waals surface area contributed by atoms with Gasteiger partial charge in [-0.3, -0.25) is 14.2 Å². The van der Waals surface area contributed by atoms with Crippen molar-refractivity contribution in [3.05, 3.63) is 78.1 Å². The number of nitrogens with zero attached hydrogens (tertiary/aromatic N) is 5. The summed E-state index contributed by atoms with van der Waals surface area (Å²) in [6, 6.07) is 13.7. The first kappa shape index (κ1) is 33.7. The zero-order chi connectivity index (χ0) is 32.3. The number of carbonyl (C=O) groups is 1. The predicted octanol–water partition coefficient (Wildman–Crippen LogP) is 7.50. The Morgan fingerprint density at radius 1 is 1.00 bits per heavy atom. The number of benzene rings is 1. The Hall–Kier alpha value is -3.65. The second kappa shape index (κ2) is 16.8. The molecule has 3 heterocycles. The molecule has 1 unspecified atom stereocenters. The smallest absolute Gasteiger partial charge is 0.231 e. The van der Waals surface area contributed by atoms with Gasteiger partial charge in [0.1, 0.15) is 11.7 Å². The lowest BCUT2D eigenvalue weighted by molar-refractivity contribution is -0.124. The van der Waals surface area contributed by atoms with Crippen LogP contribution in [0, 0.1) is 11.8 Å². The molecule has 8 heteroatoms. The van der Waals surface area contributed by atoms with Gasteiger partial charge in [-0.15, -0.1) is 10.2 Å². The van der Waals surface area contributed by atoms with E-state index in [4.69, 9.17) is 4.98 Å². The Balaban J connectivity index is 1.51. The van der Waals surface area contributed by atoms with Crippen molar-refractivity contribution in [3.63, 3.8) is 0 Å². The van der Waals surface area contributed by atoms with Gasteiger partial charge in [-0.05, 0) is 49.1 Å². The van der Waals surface area contributed by atoms with Crippen molar-refractivity contribution < 1.29 is 9.90 Å². The van der Waals surface area contributed by atoms with Crippen molar-refractivity contribution in [2.24, 2.45) is 11.8 Å². The number of aromatic nitrogens is 5. The SMILES string of the molecule is CCCCCC[C@H](O)[C@H](CC1CCCCC1)NC(=O)C(Cc1cccnc1)c1nnc2c(CC(C)C)nc(-c3ccccc3)cn12. The molecule has 1 fully saturated rings. The number of rotatable bonds is 16. The summed E-state index contributed by atoms with van der Waals surface area (Å²) in [6.07, 6.45) is 18.1. The highest BCUT2D eigenvalue weighted by atomic mass is 16.3. The number of fused-ring (bicyclic) bond motifs is 1. The number of aliphatic hydroxyl groups excluding tert-OH is 1. The van der Waals surface area contributed by atoms with Crippen LogP contribution >= 0.6 is 0 Å². The van der Waals surface area contributed by atoms with Gasteiger partial charge in [-0.2, -0.15) is 0 Å². The highest BCUT2D eigenvalue weighted by Crippen LogP contribution is 2.30. The number of nitrogens with one attached hydrogen (secondary N) is 1. The van der Waals surface area contributed by atoms with E-state index in [0.29, 0.717) is 36.1 Å².